The predicted molar refractivity (Wildman–Crippen MR) is 96.4 cm³/mol. The van der Waals surface area contributed by atoms with Crippen LogP contribution >= 0.6 is 11.3 Å². The number of halogens is 1. The number of nitrogens with one attached hydrogen (secondary N) is 1. The molecule has 3 rings (SSSR count). The van der Waals surface area contributed by atoms with Gasteiger partial charge in [-0.15, -0.1) is 17.9 Å². The molecule has 1 N–H and O–H groups in total. The normalized spacial score (nSPS) is 12.8. The van der Waals surface area contributed by atoms with Crippen molar-refractivity contribution < 1.29 is 9.18 Å². The molecule has 1 aliphatic carbocycles. The standard InChI is InChI=1S/C18H17FN4OS/c1-2-9-23(18-22-15-5-3-4-6-16(15)25-18)17(24)21-14-8-7-13(19)10-12(14)11-20/h2,7-8,10H,1,3-6,9H2,(H,21,24). The molecule has 2 amide bonds. The number of carbonyl (C=O) groups excluding carboxylic acids is 1. The van der Waals surface area contributed by atoms with Gasteiger partial charge in [0.1, 0.15) is 11.9 Å². The van der Waals surface area contributed by atoms with E-state index in [9.17, 15) is 9.18 Å². The predicted octanol–water partition coefficient (Wildman–Crippen LogP) is 4.26. The number of carbonyl (C=O) groups is 1. The summed E-state index contributed by atoms with van der Waals surface area (Å²) in [5.41, 5.74) is 1.40. The van der Waals surface area contributed by atoms with Crippen LogP contribution in [0.2, 0.25) is 0 Å². The molecule has 128 valence electrons. The molecule has 1 aromatic heterocycles. The van der Waals surface area contributed by atoms with E-state index < -0.39 is 11.8 Å². The molecule has 0 unspecified atom stereocenters. The Hall–Kier alpha value is -2.72. The molecule has 0 atom stereocenters. The van der Waals surface area contributed by atoms with E-state index in [1.54, 1.807) is 6.08 Å². The lowest BCUT2D eigenvalue weighted by Gasteiger charge is -2.19. The second-order valence-corrected chi connectivity index (χ2v) is 6.77. The van der Waals surface area contributed by atoms with E-state index in [1.807, 2.05) is 6.07 Å². The van der Waals surface area contributed by atoms with Gasteiger partial charge in [-0.1, -0.05) is 6.08 Å². The van der Waals surface area contributed by atoms with Gasteiger partial charge < -0.3 is 5.32 Å². The molecule has 0 fully saturated rings. The smallest absolute Gasteiger partial charge is 0.306 e. The minimum absolute atomic E-state index is 0.0744. The first kappa shape index (κ1) is 17.1. The van der Waals surface area contributed by atoms with Crippen molar-refractivity contribution in [1.82, 2.24) is 4.98 Å². The van der Waals surface area contributed by atoms with Gasteiger partial charge in [-0.2, -0.15) is 5.26 Å². The van der Waals surface area contributed by atoms with Crippen LogP contribution in [0.15, 0.2) is 30.9 Å². The summed E-state index contributed by atoms with van der Waals surface area (Å²) >= 11 is 1.52. The SMILES string of the molecule is C=CCN(C(=O)Nc1ccc(F)cc1C#N)c1nc2c(s1)CCCC2. The lowest BCUT2D eigenvalue weighted by Crippen LogP contribution is -2.35. The molecule has 0 saturated heterocycles. The Morgan fingerprint density at radius 3 is 3.00 bits per heavy atom. The number of thiazole rings is 1. The Morgan fingerprint density at radius 1 is 1.48 bits per heavy atom. The minimum atomic E-state index is -0.523. The average Bonchev–Trinajstić information content (AvgIpc) is 3.04. The van der Waals surface area contributed by atoms with Gasteiger partial charge in [0.15, 0.2) is 5.13 Å². The van der Waals surface area contributed by atoms with Crippen LogP contribution in [0.5, 0.6) is 0 Å². The van der Waals surface area contributed by atoms with E-state index in [0.717, 1.165) is 37.4 Å². The molecule has 0 aliphatic heterocycles. The highest BCUT2D eigenvalue weighted by molar-refractivity contribution is 7.16. The number of amides is 2. The fourth-order valence-electron chi connectivity index (χ4n) is 2.73. The topological polar surface area (TPSA) is 69.0 Å². The molecule has 1 heterocycles. The van der Waals surface area contributed by atoms with E-state index in [4.69, 9.17) is 5.26 Å². The first-order valence-corrected chi connectivity index (χ1v) is 8.81. The van der Waals surface area contributed by atoms with E-state index in [0.29, 0.717) is 11.7 Å². The quantitative estimate of drug-likeness (QED) is 0.832. The molecule has 0 bridgehead atoms. The van der Waals surface area contributed by atoms with Crippen LogP contribution in [0.25, 0.3) is 0 Å². The Bertz CT molecular complexity index is 832. The number of fused-ring (bicyclic) bond motifs is 1. The number of hydrogen-bond donors (Lipinski definition) is 1. The molecule has 0 spiro atoms. The second-order valence-electron chi connectivity index (χ2n) is 5.70. The zero-order valence-electron chi connectivity index (χ0n) is 13.6. The Labute approximate surface area is 149 Å². The van der Waals surface area contributed by atoms with Gasteiger partial charge >= 0.3 is 6.03 Å². The van der Waals surface area contributed by atoms with Crippen molar-refractivity contribution in [2.45, 2.75) is 25.7 Å². The monoisotopic (exact) mass is 356 g/mol. The molecule has 1 aliphatic rings. The lowest BCUT2D eigenvalue weighted by molar-refractivity contribution is 0.257. The van der Waals surface area contributed by atoms with Crippen LogP contribution in [-0.4, -0.2) is 17.6 Å². The maximum Gasteiger partial charge on any atom is 0.328 e. The molecule has 25 heavy (non-hydrogen) atoms. The molecule has 1 aromatic carbocycles. The first-order valence-electron chi connectivity index (χ1n) is 8.00. The maximum absolute atomic E-state index is 13.3. The Morgan fingerprint density at radius 2 is 2.28 bits per heavy atom. The minimum Gasteiger partial charge on any atom is -0.306 e. The van der Waals surface area contributed by atoms with Crippen molar-refractivity contribution >= 4 is 28.2 Å². The number of nitrogens with zero attached hydrogens (tertiary/aromatic N) is 3. The van der Waals surface area contributed by atoms with Crippen molar-refractivity contribution in [1.29, 1.82) is 5.26 Å². The zero-order valence-corrected chi connectivity index (χ0v) is 14.4. The van der Waals surface area contributed by atoms with Gasteiger partial charge in [0.2, 0.25) is 0 Å². The Balaban J connectivity index is 1.85. The molecule has 0 radical (unpaired) electrons. The number of benzene rings is 1. The highest BCUT2D eigenvalue weighted by atomic mass is 32.1. The van der Waals surface area contributed by atoms with Crippen molar-refractivity contribution in [3.05, 3.63) is 52.8 Å². The summed E-state index contributed by atoms with van der Waals surface area (Å²) in [7, 11) is 0. The fourth-order valence-corrected chi connectivity index (χ4v) is 3.89. The van der Waals surface area contributed by atoms with Gasteiger partial charge in [0.25, 0.3) is 0 Å². The summed E-state index contributed by atoms with van der Waals surface area (Å²) in [6.45, 7) is 3.99. The van der Waals surface area contributed by atoms with Crippen LogP contribution in [0.3, 0.4) is 0 Å². The molecular weight excluding hydrogens is 339 g/mol. The third-order valence-electron chi connectivity index (χ3n) is 3.97. The van der Waals surface area contributed by atoms with Gasteiger partial charge in [0, 0.05) is 11.4 Å². The van der Waals surface area contributed by atoms with E-state index in [2.05, 4.69) is 16.9 Å². The molecule has 7 heteroatoms. The van der Waals surface area contributed by atoms with Crippen LogP contribution in [0, 0.1) is 17.1 Å². The number of hydrogen-bond acceptors (Lipinski definition) is 4. The number of anilines is 2. The Kier molecular flexibility index (Phi) is 5.10. The molecule has 2 aromatic rings. The average molecular weight is 356 g/mol. The van der Waals surface area contributed by atoms with Gasteiger partial charge in [-0.05, 0) is 43.9 Å². The van der Waals surface area contributed by atoms with E-state index >= 15 is 0 Å². The van der Waals surface area contributed by atoms with Crippen molar-refractivity contribution in [2.24, 2.45) is 0 Å². The van der Waals surface area contributed by atoms with Crippen molar-refractivity contribution in [3.8, 4) is 6.07 Å². The lowest BCUT2D eigenvalue weighted by atomic mass is 10.0. The zero-order chi connectivity index (χ0) is 17.8. The number of rotatable bonds is 4. The van der Waals surface area contributed by atoms with E-state index in [1.165, 1.54) is 33.2 Å². The summed E-state index contributed by atoms with van der Waals surface area (Å²) in [6.07, 6.45) is 5.81. The van der Waals surface area contributed by atoms with Crippen LogP contribution in [-0.2, 0) is 12.8 Å². The summed E-state index contributed by atoms with van der Waals surface area (Å²) in [4.78, 5) is 20.0. The van der Waals surface area contributed by atoms with Gasteiger partial charge in [-0.25, -0.2) is 14.2 Å². The number of nitriles is 1. The summed E-state index contributed by atoms with van der Waals surface area (Å²) in [5, 5.41) is 12.4. The third kappa shape index (κ3) is 3.69. The largest absolute Gasteiger partial charge is 0.328 e. The molecule has 5 nitrogen and oxygen atoms in total. The molecule has 0 saturated carbocycles. The third-order valence-corrected chi connectivity index (χ3v) is 5.15. The fraction of sp³-hybridized carbons (Fsp3) is 0.278. The first-order chi connectivity index (χ1) is 12.1. The van der Waals surface area contributed by atoms with E-state index in [-0.39, 0.29) is 11.3 Å². The molecular formula is C18H17FN4OS. The van der Waals surface area contributed by atoms with Crippen molar-refractivity contribution in [2.75, 3.05) is 16.8 Å². The van der Waals surface area contributed by atoms with Crippen LogP contribution in [0.4, 0.5) is 20.0 Å². The summed E-state index contributed by atoms with van der Waals surface area (Å²) in [6, 6.07) is 5.14. The maximum atomic E-state index is 13.3. The summed E-state index contributed by atoms with van der Waals surface area (Å²) in [5.74, 6) is -0.523. The number of aryl methyl sites for hydroxylation is 2. The van der Waals surface area contributed by atoms with Crippen LogP contribution in [0.1, 0.15) is 29.0 Å². The van der Waals surface area contributed by atoms with Crippen LogP contribution < -0.4 is 10.2 Å². The number of aromatic nitrogens is 1. The summed E-state index contributed by atoms with van der Waals surface area (Å²) < 4.78 is 13.3. The highest BCUT2D eigenvalue weighted by Crippen LogP contribution is 2.32. The van der Waals surface area contributed by atoms with Gasteiger partial charge in [-0.3, -0.25) is 4.90 Å². The van der Waals surface area contributed by atoms with Crippen molar-refractivity contribution in [3.63, 3.8) is 0 Å². The second kappa shape index (κ2) is 7.45. The highest BCUT2D eigenvalue weighted by Gasteiger charge is 2.23. The van der Waals surface area contributed by atoms with Gasteiger partial charge in [0.05, 0.1) is 16.9 Å². The number of urea groups is 1.